The van der Waals surface area contributed by atoms with Gasteiger partial charge in [-0.1, -0.05) is 30.2 Å². The Morgan fingerprint density at radius 3 is 2.64 bits per heavy atom. The number of carbonyl (C=O) groups is 1. The summed E-state index contributed by atoms with van der Waals surface area (Å²) in [5.74, 6) is 0.332. The fraction of sp³-hybridized carbons (Fsp3) is 0.318. The monoisotopic (exact) mass is 399 g/mol. The van der Waals surface area contributed by atoms with Crippen molar-refractivity contribution in [2.24, 2.45) is 0 Å². The zero-order valence-corrected chi connectivity index (χ0v) is 16.3. The number of ether oxygens (including phenoxy) is 2. The molecule has 6 heteroatoms. The first-order valence-corrected chi connectivity index (χ1v) is 9.78. The number of hydrogen-bond acceptors (Lipinski definition) is 4. The second-order valence-electron chi connectivity index (χ2n) is 7.10. The first-order chi connectivity index (χ1) is 13.6. The average Bonchev–Trinajstić information content (AvgIpc) is 3.12. The molecule has 1 saturated carbocycles. The lowest BCUT2D eigenvalue weighted by atomic mass is 9.95. The Morgan fingerprint density at radius 2 is 1.93 bits per heavy atom. The Morgan fingerprint density at radius 1 is 1.18 bits per heavy atom. The van der Waals surface area contributed by atoms with Crippen LogP contribution in [0.5, 0.6) is 5.75 Å². The average molecular weight is 400 g/mol. The first kappa shape index (κ1) is 18.8. The number of aliphatic hydroxyl groups is 1. The molecule has 1 heterocycles. The molecule has 2 N–H and O–H groups in total. The van der Waals surface area contributed by atoms with Gasteiger partial charge in [0, 0.05) is 22.7 Å². The molecule has 0 unspecified atom stereocenters. The minimum atomic E-state index is -0.407. The Bertz CT molecular complexity index is 996. The Kier molecular flexibility index (Phi) is 5.29. The highest BCUT2D eigenvalue weighted by atomic mass is 35.5. The predicted octanol–water partition coefficient (Wildman–Crippen LogP) is 4.96. The summed E-state index contributed by atoms with van der Waals surface area (Å²) in [5.41, 5.74) is 2.99. The van der Waals surface area contributed by atoms with Gasteiger partial charge in [0.1, 0.15) is 11.9 Å². The lowest BCUT2D eigenvalue weighted by Crippen LogP contribution is -2.34. The third-order valence-electron chi connectivity index (χ3n) is 5.30. The largest absolute Gasteiger partial charge is 0.488 e. The summed E-state index contributed by atoms with van der Waals surface area (Å²) >= 11 is 6.47. The van der Waals surface area contributed by atoms with Gasteiger partial charge in [-0.2, -0.15) is 0 Å². The van der Waals surface area contributed by atoms with Crippen molar-refractivity contribution in [2.75, 3.05) is 7.11 Å². The molecule has 1 fully saturated rings. The predicted molar refractivity (Wildman–Crippen MR) is 109 cm³/mol. The maximum Gasteiger partial charge on any atom is 0.340 e. The summed E-state index contributed by atoms with van der Waals surface area (Å²) in [7, 11) is 1.36. The van der Waals surface area contributed by atoms with Gasteiger partial charge in [0.05, 0.1) is 23.8 Å². The molecule has 5 nitrogen and oxygen atoms in total. The van der Waals surface area contributed by atoms with Crippen LogP contribution in [0.3, 0.4) is 0 Å². The van der Waals surface area contributed by atoms with E-state index in [-0.39, 0.29) is 6.10 Å². The quantitative estimate of drug-likeness (QED) is 0.608. The van der Waals surface area contributed by atoms with Crippen LogP contribution < -0.4 is 4.74 Å². The van der Waals surface area contributed by atoms with Gasteiger partial charge in [0.15, 0.2) is 0 Å². The molecule has 2 aromatic carbocycles. The highest BCUT2D eigenvalue weighted by Crippen LogP contribution is 2.34. The van der Waals surface area contributed by atoms with Crippen molar-refractivity contribution in [3.8, 4) is 16.9 Å². The van der Waals surface area contributed by atoms with E-state index in [0.29, 0.717) is 10.6 Å². The number of esters is 1. The standard InChI is InChI=1S/C22H22ClNO4/c1-27-22(26)17-12-24-19-11-18(23)15(10-16(17)19)13-6-8-14(9-7-13)28-21-5-3-2-4-20(21)25/h6-12,20-21,24-25H,2-5H2,1H3/t20-,21-/m0/s1. The van der Waals surface area contributed by atoms with Crippen LogP contribution in [0.4, 0.5) is 0 Å². The van der Waals surface area contributed by atoms with Crippen LogP contribution in [-0.4, -0.2) is 35.4 Å². The molecule has 28 heavy (non-hydrogen) atoms. The topological polar surface area (TPSA) is 71.6 Å². The summed E-state index contributed by atoms with van der Waals surface area (Å²) in [5, 5.41) is 11.4. The molecule has 146 valence electrons. The normalized spacial score (nSPS) is 19.5. The number of aromatic amines is 1. The zero-order chi connectivity index (χ0) is 19.7. The van der Waals surface area contributed by atoms with Crippen molar-refractivity contribution in [1.82, 2.24) is 4.98 Å². The van der Waals surface area contributed by atoms with Crippen LogP contribution in [0, 0.1) is 0 Å². The van der Waals surface area contributed by atoms with E-state index in [1.807, 2.05) is 36.4 Å². The van der Waals surface area contributed by atoms with Gasteiger partial charge in [0.25, 0.3) is 0 Å². The third kappa shape index (κ3) is 3.60. The smallest absolute Gasteiger partial charge is 0.340 e. The lowest BCUT2D eigenvalue weighted by molar-refractivity contribution is 0.00688. The van der Waals surface area contributed by atoms with E-state index in [2.05, 4.69) is 4.98 Å². The van der Waals surface area contributed by atoms with Crippen molar-refractivity contribution in [2.45, 2.75) is 37.9 Å². The molecule has 0 bridgehead atoms. The Labute approximate surface area is 168 Å². The van der Waals surface area contributed by atoms with Crippen LogP contribution in [-0.2, 0) is 4.74 Å². The van der Waals surface area contributed by atoms with Crippen molar-refractivity contribution in [3.63, 3.8) is 0 Å². The molecule has 1 aromatic heterocycles. The van der Waals surface area contributed by atoms with Gasteiger partial charge >= 0.3 is 5.97 Å². The maximum atomic E-state index is 12.0. The van der Waals surface area contributed by atoms with Gasteiger partial charge in [-0.15, -0.1) is 0 Å². The Hall–Kier alpha value is -2.50. The van der Waals surface area contributed by atoms with Crippen LogP contribution >= 0.6 is 11.6 Å². The molecule has 3 aromatic rings. The molecule has 1 aliphatic rings. The highest BCUT2D eigenvalue weighted by Gasteiger charge is 2.24. The molecule has 1 aliphatic carbocycles. The van der Waals surface area contributed by atoms with Crippen LogP contribution in [0.1, 0.15) is 36.0 Å². The molecular formula is C22H22ClNO4. The third-order valence-corrected chi connectivity index (χ3v) is 5.61. The van der Waals surface area contributed by atoms with E-state index in [4.69, 9.17) is 21.1 Å². The fourth-order valence-corrected chi connectivity index (χ4v) is 4.02. The Balaban J connectivity index is 1.62. The first-order valence-electron chi connectivity index (χ1n) is 9.41. The number of methoxy groups -OCH3 is 1. The van der Waals surface area contributed by atoms with Gasteiger partial charge in [0.2, 0.25) is 0 Å². The zero-order valence-electron chi connectivity index (χ0n) is 15.6. The number of aliphatic hydroxyl groups excluding tert-OH is 1. The van der Waals surface area contributed by atoms with Crippen LogP contribution in [0.25, 0.3) is 22.0 Å². The fourth-order valence-electron chi connectivity index (χ4n) is 3.75. The minimum absolute atomic E-state index is 0.151. The summed E-state index contributed by atoms with van der Waals surface area (Å²) in [6.07, 6.45) is 4.86. The van der Waals surface area contributed by atoms with Gasteiger partial charge in [-0.3, -0.25) is 0 Å². The SMILES string of the molecule is COC(=O)c1c[nH]c2cc(Cl)c(-c3ccc(O[C@H]4CCCC[C@@H]4O)cc3)cc12. The van der Waals surface area contributed by atoms with E-state index in [1.54, 1.807) is 6.20 Å². The van der Waals surface area contributed by atoms with E-state index >= 15 is 0 Å². The molecule has 0 radical (unpaired) electrons. The summed E-state index contributed by atoms with van der Waals surface area (Å²) in [6, 6.07) is 11.3. The van der Waals surface area contributed by atoms with Crippen LogP contribution in [0.15, 0.2) is 42.6 Å². The number of H-pyrrole nitrogens is 1. The molecule has 0 spiro atoms. The van der Waals surface area contributed by atoms with Crippen molar-refractivity contribution in [3.05, 3.63) is 53.2 Å². The summed E-state index contributed by atoms with van der Waals surface area (Å²) in [6.45, 7) is 0. The maximum absolute atomic E-state index is 12.0. The van der Waals surface area contributed by atoms with E-state index in [0.717, 1.165) is 53.5 Å². The second kappa shape index (κ2) is 7.86. The van der Waals surface area contributed by atoms with E-state index < -0.39 is 12.1 Å². The van der Waals surface area contributed by atoms with Crippen molar-refractivity contribution < 1.29 is 19.4 Å². The molecule has 0 saturated heterocycles. The molecule has 0 amide bonds. The minimum Gasteiger partial charge on any atom is -0.488 e. The van der Waals surface area contributed by atoms with Gasteiger partial charge in [-0.05, 0) is 49.1 Å². The molecule has 4 rings (SSSR count). The lowest BCUT2D eigenvalue weighted by Gasteiger charge is -2.28. The number of fused-ring (bicyclic) bond motifs is 1. The van der Waals surface area contributed by atoms with Gasteiger partial charge in [-0.25, -0.2) is 4.79 Å². The number of rotatable bonds is 4. The summed E-state index contributed by atoms with van der Waals surface area (Å²) < 4.78 is 10.8. The number of carbonyl (C=O) groups excluding carboxylic acids is 1. The molecule has 0 aliphatic heterocycles. The summed E-state index contributed by atoms with van der Waals surface area (Å²) in [4.78, 5) is 15.0. The molecular weight excluding hydrogens is 378 g/mol. The van der Waals surface area contributed by atoms with Crippen LogP contribution in [0.2, 0.25) is 5.02 Å². The van der Waals surface area contributed by atoms with E-state index in [9.17, 15) is 9.90 Å². The highest BCUT2D eigenvalue weighted by molar-refractivity contribution is 6.34. The molecule has 2 atom stereocenters. The number of halogens is 1. The van der Waals surface area contributed by atoms with Crippen molar-refractivity contribution >= 4 is 28.5 Å². The van der Waals surface area contributed by atoms with E-state index in [1.165, 1.54) is 7.11 Å². The number of hydrogen-bond donors (Lipinski definition) is 2. The van der Waals surface area contributed by atoms with Gasteiger partial charge < -0.3 is 19.6 Å². The number of benzene rings is 2. The van der Waals surface area contributed by atoms with Crippen molar-refractivity contribution in [1.29, 1.82) is 0 Å². The number of aromatic nitrogens is 1. The number of nitrogens with one attached hydrogen (secondary N) is 1. The second-order valence-corrected chi connectivity index (χ2v) is 7.51.